The van der Waals surface area contributed by atoms with Gasteiger partial charge in [-0.3, -0.25) is 14.7 Å². The summed E-state index contributed by atoms with van der Waals surface area (Å²) in [7, 11) is 0. The van der Waals surface area contributed by atoms with E-state index in [1.807, 2.05) is 6.92 Å². The number of benzene rings is 1. The van der Waals surface area contributed by atoms with Gasteiger partial charge in [0.2, 0.25) is 5.91 Å². The second kappa shape index (κ2) is 13.2. The molecule has 0 aromatic heterocycles. The number of carbonyl (C=O) groups is 1. The van der Waals surface area contributed by atoms with E-state index in [9.17, 15) is 9.18 Å². The van der Waals surface area contributed by atoms with E-state index in [0.717, 1.165) is 32.8 Å². The van der Waals surface area contributed by atoms with Crippen molar-refractivity contribution in [3.8, 4) is 0 Å². The minimum absolute atomic E-state index is 0.0962. The number of aliphatic imine (C=N–C) groups is 1. The van der Waals surface area contributed by atoms with E-state index in [-0.39, 0.29) is 24.2 Å². The van der Waals surface area contributed by atoms with Crippen LogP contribution in [0.2, 0.25) is 0 Å². The van der Waals surface area contributed by atoms with Gasteiger partial charge in [0.05, 0.1) is 25.7 Å². The normalized spacial score (nSPS) is 17.8. The van der Waals surface area contributed by atoms with E-state index < -0.39 is 0 Å². The van der Waals surface area contributed by atoms with Gasteiger partial charge in [-0.1, -0.05) is 26.0 Å². The van der Waals surface area contributed by atoms with E-state index in [1.54, 1.807) is 12.1 Å². The van der Waals surface area contributed by atoms with Gasteiger partial charge in [0, 0.05) is 39.3 Å². The molecule has 2 rings (SSSR count). The van der Waals surface area contributed by atoms with Gasteiger partial charge < -0.3 is 20.7 Å². The third kappa shape index (κ3) is 9.54. The van der Waals surface area contributed by atoms with Crippen molar-refractivity contribution in [3.05, 3.63) is 35.6 Å². The predicted octanol–water partition coefficient (Wildman–Crippen LogP) is 1.40. The van der Waals surface area contributed by atoms with Gasteiger partial charge in [0.1, 0.15) is 5.82 Å². The van der Waals surface area contributed by atoms with Crippen molar-refractivity contribution in [1.29, 1.82) is 0 Å². The average Bonchev–Trinajstić information content (AvgIpc) is 2.69. The second-order valence-electron chi connectivity index (χ2n) is 7.95. The molecule has 1 aliphatic rings. The van der Waals surface area contributed by atoms with Crippen LogP contribution in [0.4, 0.5) is 4.39 Å². The number of guanidine groups is 1. The van der Waals surface area contributed by atoms with Gasteiger partial charge in [-0.2, -0.15) is 0 Å². The summed E-state index contributed by atoms with van der Waals surface area (Å²) in [6.07, 6.45) is 0.261. The van der Waals surface area contributed by atoms with Crippen LogP contribution in [0, 0.1) is 11.7 Å². The first-order valence-corrected chi connectivity index (χ1v) is 10.8. The molecule has 8 heteroatoms. The Morgan fingerprint density at radius 1 is 1.30 bits per heavy atom. The highest BCUT2D eigenvalue weighted by Gasteiger charge is 2.20. The minimum atomic E-state index is -0.331. The number of nitrogens with one attached hydrogen (secondary N) is 3. The Morgan fingerprint density at radius 3 is 2.83 bits per heavy atom. The first-order valence-electron chi connectivity index (χ1n) is 10.8. The standard InChI is InChI=1S/C22H36FN5O2/c1-4-24-22(27-14-20-16-28(10-11-30-20)15-17(2)3)26-9-8-25-21(29)13-18-6-5-7-19(23)12-18/h5-7,12,17,20H,4,8-11,13-16H2,1-3H3,(H,25,29)(H2,24,26,27). The number of carbonyl (C=O) groups excluding carboxylic acids is 1. The third-order valence-corrected chi connectivity index (χ3v) is 4.64. The molecule has 0 saturated carbocycles. The van der Waals surface area contributed by atoms with E-state index in [2.05, 4.69) is 39.7 Å². The molecule has 1 fully saturated rings. The lowest BCUT2D eigenvalue weighted by atomic mass is 10.1. The summed E-state index contributed by atoms with van der Waals surface area (Å²) in [6.45, 7) is 12.5. The van der Waals surface area contributed by atoms with E-state index >= 15 is 0 Å². The monoisotopic (exact) mass is 421 g/mol. The lowest BCUT2D eigenvalue weighted by Gasteiger charge is -2.33. The Bertz CT molecular complexity index is 683. The summed E-state index contributed by atoms with van der Waals surface area (Å²) in [5.74, 6) is 0.886. The summed E-state index contributed by atoms with van der Waals surface area (Å²) in [6, 6.07) is 6.10. The Hall–Kier alpha value is -2.19. The van der Waals surface area contributed by atoms with Crippen molar-refractivity contribution < 1.29 is 13.9 Å². The maximum absolute atomic E-state index is 13.2. The Balaban J connectivity index is 1.70. The van der Waals surface area contributed by atoms with Gasteiger partial charge in [-0.25, -0.2) is 4.39 Å². The van der Waals surface area contributed by atoms with Crippen LogP contribution in [0.25, 0.3) is 0 Å². The van der Waals surface area contributed by atoms with Gasteiger partial charge in [-0.05, 0) is 30.5 Å². The minimum Gasteiger partial charge on any atom is -0.374 e. The molecule has 0 spiro atoms. The zero-order valence-corrected chi connectivity index (χ0v) is 18.4. The van der Waals surface area contributed by atoms with Crippen molar-refractivity contribution in [2.45, 2.75) is 33.3 Å². The van der Waals surface area contributed by atoms with Gasteiger partial charge in [0.25, 0.3) is 0 Å². The van der Waals surface area contributed by atoms with Crippen LogP contribution < -0.4 is 16.0 Å². The van der Waals surface area contributed by atoms with Crippen molar-refractivity contribution in [3.63, 3.8) is 0 Å². The highest BCUT2D eigenvalue weighted by atomic mass is 19.1. The fraction of sp³-hybridized carbons (Fsp3) is 0.636. The molecule has 30 heavy (non-hydrogen) atoms. The lowest BCUT2D eigenvalue weighted by molar-refractivity contribution is -0.120. The van der Waals surface area contributed by atoms with E-state index in [1.165, 1.54) is 12.1 Å². The highest BCUT2D eigenvalue weighted by molar-refractivity contribution is 5.80. The first kappa shape index (κ1) is 24.1. The molecule has 1 aromatic carbocycles. The molecule has 0 bridgehead atoms. The zero-order chi connectivity index (χ0) is 21.8. The number of ether oxygens (including phenoxy) is 1. The second-order valence-corrected chi connectivity index (χ2v) is 7.95. The third-order valence-electron chi connectivity index (χ3n) is 4.64. The number of rotatable bonds is 10. The molecule has 3 N–H and O–H groups in total. The highest BCUT2D eigenvalue weighted by Crippen LogP contribution is 2.08. The number of nitrogens with zero attached hydrogens (tertiary/aromatic N) is 2. The van der Waals surface area contributed by atoms with Gasteiger partial charge in [0.15, 0.2) is 5.96 Å². The number of hydrogen-bond acceptors (Lipinski definition) is 4. The number of amides is 1. The quantitative estimate of drug-likeness (QED) is 0.302. The molecule has 1 aliphatic heterocycles. The molecule has 168 valence electrons. The Kier molecular flexibility index (Phi) is 10.6. The molecular weight excluding hydrogens is 385 g/mol. The summed E-state index contributed by atoms with van der Waals surface area (Å²) in [5, 5.41) is 9.28. The van der Waals surface area contributed by atoms with Crippen molar-refractivity contribution in [2.24, 2.45) is 10.9 Å². The molecule has 1 atom stereocenters. The van der Waals surface area contributed by atoms with Crippen molar-refractivity contribution >= 4 is 11.9 Å². The predicted molar refractivity (Wildman–Crippen MR) is 118 cm³/mol. The van der Waals surface area contributed by atoms with Gasteiger partial charge in [-0.15, -0.1) is 0 Å². The number of halogens is 1. The average molecular weight is 422 g/mol. The Morgan fingerprint density at radius 2 is 2.10 bits per heavy atom. The smallest absolute Gasteiger partial charge is 0.224 e. The molecule has 0 aliphatic carbocycles. The maximum atomic E-state index is 13.2. The molecule has 1 unspecified atom stereocenters. The fourth-order valence-electron chi connectivity index (χ4n) is 3.39. The van der Waals surface area contributed by atoms with Crippen LogP contribution >= 0.6 is 0 Å². The lowest BCUT2D eigenvalue weighted by Crippen LogP contribution is -2.46. The molecule has 1 heterocycles. The summed E-state index contributed by atoms with van der Waals surface area (Å²) >= 11 is 0. The van der Waals surface area contributed by atoms with Crippen molar-refractivity contribution in [1.82, 2.24) is 20.9 Å². The molecule has 1 saturated heterocycles. The molecular formula is C22H36FN5O2. The Labute approximate surface area is 179 Å². The largest absolute Gasteiger partial charge is 0.374 e. The number of hydrogen-bond donors (Lipinski definition) is 3. The van der Waals surface area contributed by atoms with Crippen molar-refractivity contribution in [2.75, 3.05) is 52.4 Å². The first-order chi connectivity index (χ1) is 14.5. The SMILES string of the molecule is CCNC(=NCC1CN(CC(C)C)CCO1)NCCNC(=O)Cc1cccc(F)c1. The molecule has 0 radical (unpaired) electrons. The summed E-state index contributed by atoms with van der Waals surface area (Å²) < 4.78 is 19.0. The van der Waals surface area contributed by atoms with Crippen LogP contribution in [0.3, 0.4) is 0 Å². The van der Waals surface area contributed by atoms with Gasteiger partial charge >= 0.3 is 0 Å². The molecule has 1 amide bonds. The van der Waals surface area contributed by atoms with Crippen LogP contribution in [0.5, 0.6) is 0 Å². The zero-order valence-electron chi connectivity index (χ0n) is 18.4. The maximum Gasteiger partial charge on any atom is 0.224 e. The summed E-state index contributed by atoms with van der Waals surface area (Å²) in [4.78, 5) is 19.1. The van der Waals surface area contributed by atoms with Crippen LogP contribution in [0.15, 0.2) is 29.3 Å². The van der Waals surface area contributed by atoms with Crippen LogP contribution in [-0.4, -0.2) is 75.3 Å². The number of morpholine rings is 1. The van der Waals surface area contributed by atoms with E-state index in [0.29, 0.717) is 37.1 Å². The topological polar surface area (TPSA) is 78.0 Å². The van der Waals surface area contributed by atoms with Crippen LogP contribution in [-0.2, 0) is 16.0 Å². The van der Waals surface area contributed by atoms with E-state index in [4.69, 9.17) is 4.74 Å². The summed E-state index contributed by atoms with van der Waals surface area (Å²) in [5.41, 5.74) is 0.661. The fourth-order valence-corrected chi connectivity index (χ4v) is 3.39. The molecule has 1 aromatic rings. The van der Waals surface area contributed by atoms with Crippen LogP contribution in [0.1, 0.15) is 26.3 Å². The molecule has 7 nitrogen and oxygen atoms in total.